The van der Waals surface area contributed by atoms with Crippen LogP contribution in [0.5, 0.6) is 0 Å². The van der Waals surface area contributed by atoms with Crippen LogP contribution in [0.3, 0.4) is 0 Å². The van der Waals surface area contributed by atoms with Crippen LogP contribution in [-0.2, 0) is 0 Å². The molecule has 3 heteroatoms. The maximum Gasteiger partial charge on any atom is 0.311 e. The Bertz CT molecular complexity index is 284. The topological polar surface area (TPSA) is 3.24 Å². The van der Waals surface area contributed by atoms with E-state index < -0.39 is 8.07 Å². The van der Waals surface area contributed by atoms with E-state index in [1.165, 1.54) is 0 Å². The normalized spacial score (nSPS) is 12.9. The van der Waals surface area contributed by atoms with Crippen molar-refractivity contribution >= 4 is 15.5 Å². The van der Waals surface area contributed by atoms with Gasteiger partial charge in [-0.05, 0) is 17.1 Å². The summed E-state index contributed by atoms with van der Waals surface area (Å²) in [6.45, 7) is 20.5. The van der Waals surface area contributed by atoms with Gasteiger partial charge in [-0.2, -0.15) is 0 Å². The Morgan fingerprint density at radius 2 is 1.41 bits per heavy atom. The molecule has 0 aromatic carbocycles. The SMILES string of the molecule is CC(C)N([B]C#C[Si](C)(C)C(C)(C)C)C(C)C. The average Bonchev–Trinajstić information content (AvgIpc) is 2.08. The van der Waals surface area contributed by atoms with Gasteiger partial charge in [-0.1, -0.05) is 61.6 Å². The van der Waals surface area contributed by atoms with E-state index in [-0.39, 0.29) is 0 Å². The molecule has 1 radical (unpaired) electrons. The molecule has 0 unspecified atom stereocenters. The molecular weight excluding hydrogens is 221 g/mol. The number of rotatable bonds is 3. The van der Waals surface area contributed by atoms with Gasteiger partial charge in [0.15, 0.2) is 0 Å². The standard InChI is InChI=1S/C14H29BNSi/c1-12(2)16(13(3)4)15-10-11-17(8,9)14(5,6)7/h12-13H,1-9H3. The number of hydrogen-bond donors (Lipinski definition) is 0. The zero-order chi connectivity index (χ0) is 13.9. The Balaban J connectivity index is 4.67. The lowest BCUT2D eigenvalue weighted by molar-refractivity contribution is 0.316. The fourth-order valence-electron chi connectivity index (χ4n) is 1.37. The summed E-state index contributed by atoms with van der Waals surface area (Å²) in [5.41, 5.74) is 3.53. The quantitative estimate of drug-likeness (QED) is 0.545. The minimum Gasteiger partial charge on any atom is -0.330 e. The van der Waals surface area contributed by atoms with Crippen molar-refractivity contribution in [3.63, 3.8) is 0 Å². The molecule has 0 aromatic rings. The molecule has 0 saturated heterocycles. The highest BCUT2D eigenvalue weighted by molar-refractivity contribution is 6.88. The Morgan fingerprint density at radius 3 is 1.71 bits per heavy atom. The fraction of sp³-hybridized carbons (Fsp3) is 0.857. The summed E-state index contributed by atoms with van der Waals surface area (Å²) >= 11 is 0. The molecular formula is C14H29BNSi. The van der Waals surface area contributed by atoms with Gasteiger partial charge in [0.25, 0.3) is 0 Å². The van der Waals surface area contributed by atoms with Crippen molar-refractivity contribution in [2.45, 2.75) is 78.7 Å². The lowest BCUT2D eigenvalue weighted by Gasteiger charge is -2.32. The van der Waals surface area contributed by atoms with Crippen molar-refractivity contribution in [1.82, 2.24) is 4.81 Å². The summed E-state index contributed by atoms with van der Waals surface area (Å²) in [5.74, 6) is 3.31. The van der Waals surface area contributed by atoms with Crippen LogP contribution in [-0.4, -0.2) is 32.4 Å². The third-order valence-corrected chi connectivity index (χ3v) is 8.19. The van der Waals surface area contributed by atoms with Gasteiger partial charge in [0.05, 0.1) is 0 Å². The van der Waals surface area contributed by atoms with Gasteiger partial charge in [-0.25, -0.2) is 0 Å². The van der Waals surface area contributed by atoms with Crippen LogP contribution in [0.15, 0.2) is 0 Å². The second-order valence-electron chi connectivity index (χ2n) is 6.91. The molecule has 0 aliphatic rings. The van der Waals surface area contributed by atoms with E-state index >= 15 is 0 Å². The van der Waals surface area contributed by atoms with Crippen molar-refractivity contribution in [2.75, 3.05) is 0 Å². The second-order valence-corrected chi connectivity index (χ2v) is 11.9. The number of hydrogen-bond acceptors (Lipinski definition) is 1. The molecule has 0 heterocycles. The van der Waals surface area contributed by atoms with Crippen molar-refractivity contribution in [1.29, 1.82) is 0 Å². The molecule has 1 nitrogen and oxygen atoms in total. The van der Waals surface area contributed by atoms with Gasteiger partial charge < -0.3 is 4.81 Å². The van der Waals surface area contributed by atoms with E-state index in [1.54, 1.807) is 0 Å². The predicted octanol–water partition coefficient (Wildman–Crippen LogP) is 3.73. The first-order chi connectivity index (χ1) is 7.49. The van der Waals surface area contributed by atoms with Crippen LogP contribution in [0.1, 0.15) is 48.5 Å². The molecule has 0 aromatic heterocycles. The summed E-state index contributed by atoms with van der Waals surface area (Å²) in [6, 6.07) is 1.03. The van der Waals surface area contributed by atoms with E-state index in [9.17, 15) is 0 Å². The summed E-state index contributed by atoms with van der Waals surface area (Å²) in [5, 5.41) is 0.342. The van der Waals surface area contributed by atoms with E-state index in [4.69, 9.17) is 0 Å². The van der Waals surface area contributed by atoms with Crippen LogP contribution in [0.25, 0.3) is 0 Å². The molecule has 0 bridgehead atoms. The third kappa shape index (κ3) is 5.31. The molecule has 17 heavy (non-hydrogen) atoms. The summed E-state index contributed by atoms with van der Waals surface area (Å²) in [7, 11) is 0.619. The van der Waals surface area contributed by atoms with Crippen LogP contribution < -0.4 is 0 Å². The second kappa shape index (κ2) is 6.11. The highest BCUT2D eigenvalue weighted by atomic mass is 28.3. The first-order valence-electron chi connectivity index (χ1n) is 6.62. The Kier molecular flexibility index (Phi) is 6.04. The first kappa shape index (κ1) is 16.8. The van der Waals surface area contributed by atoms with E-state index in [1.807, 2.05) is 0 Å². The molecule has 0 N–H and O–H groups in total. The average molecular weight is 250 g/mol. The van der Waals surface area contributed by atoms with Gasteiger partial charge >= 0.3 is 7.41 Å². The number of nitrogens with zero attached hydrogens (tertiary/aromatic N) is 1. The lowest BCUT2D eigenvalue weighted by atomic mass is 9.89. The van der Waals surface area contributed by atoms with Gasteiger partial charge in [0.2, 0.25) is 0 Å². The van der Waals surface area contributed by atoms with E-state index in [0.717, 1.165) is 0 Å². The van der Waals surface area contributed by atoms with Crippen LogP contribution in [0.2, 0.25) is 18.1 Å². The molecule has 0 rings (SSSR count). The van der Waals surface area contributed by atoms with Crippen LogP contribution in [0.4, 0.5) is 0 Å². The van der Waals surface area contributed by atoms with Crippen molar-refractivity contribution < 1.29 is 0 Å². The maximum atomic E-state index is 3.53. The molecule has 0 aliphatic heterocycles. The summed E-state index contributed by atoms with van der Waals surface area (Å²) < 4.78 is 0. The minimum atomic E-state index is -1.46. The molecule has 0 fully saturated rings. The van der Waals surface area contributed by atoms with E-state index in [0.29, 0.717) is 17.1 Å². The maximum absolute atomic E-state index is 3.53. The van der Waals surface area contributed by atoms with Crippen LogP contribution >= 0.6 is 0 Å². The predicted molar refractivity (Wildman–Crippen MR) is 82.8 cm³/mol. The first-order valence-corrected chi connectivity index (χ1v) is 9.62. The molecule has 0 atom stereocenters. The minimum absolute atomic E-state index is 0.342. The van der Waals surface area contributed by atoms with Gasteiger partial charge in [0, 0.05) is 0 Å². The molecule has 97 valence electrons. The third-order valence-electron chi connectivity index (χ3n) is 3.67. The summed E-state index contributed by atoms with van der Waals surface area (Å²) in [4.78, 5) is 2.32. The monoisotopic (exact) mass is 250 g/mol. The molecule has 0 amide bonds. The van der Waals surface area contributed by atoms with Gasteiger partial charge in [0.1, 0.15) is 8.07 Å². The Labute approximate surface area is 111 Å². The highest BCUT2D eigenvalue weighted by Gasteiger charge is 2.33. The van der Waals surface area contributed by atoms with E-state index in [2.05, 4.69) is 85.1 Å². The smallest absolute Gasteiger partial charge is 0.311 e. The van der Waals surface area contributed by atoms with Gasteiger partial charge in [-0.15, -0.1) is 11.4 Å². The van der Waals surface area contributed by atoms with Crippen molar-refractivity contribution in [3.05, 3.63) is 0 Å². The zero-order valence-electron chi connectivity index (χ0n) is 13.2. The highest BCUT2D eigenvalue weighted by Crippen LogP contribution is 2.34. The Hall–Kier alpha value is -0.198. The molecule has 0 saturated carbocycles. The molecule has 0 spiro atoms. The van der Waals surface area contributed by atoms with Crippen molar-refractivity contribution in [3.8, 4) is 11.4 Å². The molecule has 0 aliphatic carbocycles. The largest absolute Gasteiger partial charge is 0.330 e. The van der Waals surface area contributed by atoms with Crippen LogP contribution in [0, 0.1) is 11.4 Å². The van der Waals surface area contributed by atoms with Gasteiger partial charge in [-0.3, -0.25) is 0 Å². The Morgan fingerprint density at radius 1 is 1.00 bits per heavy atom. The summed E-state index contributed by atoms with van der Waals surface area (Å²) in [6.07, 6.45) is 0. The zero-order valence-corrected chi connectivity index (χ0v) is 14.2. The van der Waals surface area contributed by atoms with Crippen molar-refractivity contribution in [2.24, 2.45) is 0 Å². The fourth-order valence-corrected chi connectivity index (χ4v) is 2.17. The lowest BCUT2D eigenvalue weighted by Crippen LogP contribution is -2.40.